The van der Waals surface area contributed by atoms with Gasteiger partial charge in [-0.1, -0.05) is 6.92 Å². The first-order chi connectivity index (χ1) is 10.4. The van der Waals surface area contributed by atoms with E-state index in [9.17, 15) is 13.2 Å². The minimum Gasteiger partial charge on any atom is -0.469 e. The molecular formula is C14H28ClN3O4S. The summed E-state index contributed by atoms with van der Waals surface area (Å²) < 4.78 is 33.6. The van der Waals surface area contributed by atoms with Gasteiger partial charge in [0.2, 0.25) is 0 Å². The molecule has 0 amide bonds. The Balaban J connectivity index is 0.00000264. The van der Waals surface area contributed by atoms with Crippen LogP contribution >= 0.6 is 12.4 Å². The van der Waals surface area contributed by atoms with Crippen molar-refractivity contribution in [2.24, 2.45) is 17.6 Å². The van der Waals surface area contributed by atoms with Gasteiger partial charge in [0, 0.05) is 32.2 Å². The molecule has 0 aromatic rings. The fraction of sp³-hybridized carbons (Fsp3) is 0.929. The van der Waals surface area contributed by atoms with Crippen LogP contribution < -0.4 is 5.73 Å². The summed E-state index contributed by atoms with van der Waals surface area (Å²) in [4.78, 5) is 11.5. The maximum atomic E-state index is 12.9. The summed E-state index contributed by atoms with van der Waals surface area (Å²) in [6, 6.07) is -0.128. The van der Waals surface area contributed by atoms with E-state index in [4.69, 9.17) is 10.5 Å². The summed E-state index contributed by atoms with van der Waals surface area (Å²) in [6.45, 7) is 3.67. The molecule has 2 rings (SSSR count). The van der Waals surface area contributed by atoms with E-state index in [1.807, 2.05) is 0 Å². The number of carbonyl (C=O) groups is 1. The number of halogens is 1. The highest BCUT2D eigenvalue weighted by Crippen LogP contribution is 2.29. The summed E-state index contributed by atoms with van der Waals surface area (Å²) >= 11 is 0. The Morgan fingerprint density at radius 3 is 2.35 bits per heavy atom. The van der Waals surface area contributed by atoms with Crippen molar-refractivity contribution >= 4 is 28.6 Å². The molecule has 2 fully saturated rings. The molecule has 136 valence electrons. The second-order valence-corrected chi connectivity index (χ2v) is 8.12. The zero-order valence-electron chi connectivity index (χ0n) is 13.8. The third-order valence-corrected chi connectivity index (χ3v) is 6.98. The van der Waals surface area contributed by atoms with Crippen LogP contribution in [0.15, 0.2) is 0 Å². The number of nitrogens with zero attached hydrogens (tertiary/aromatic N) is 2. The van der Waals surface area contributed by atoms with Crippen LogP contribution in [0.5, 0.6) is 0 Å². The largest absolute Gasteiger partial charge is 0.469 e. The van der Waals surface area contributed by atoms with E-state index < -0.39 is 10.2 Å². The number of nitrogens with two attached hydrogens (primary N) is 1. The van der Waals surface area contributed by atoms with Crippen molar-refractivity contribution in [2.45, 2.75) is 38.6 Å². The molecule has 0 spiro atoms. The third kappa shape index (κ3) is 4.36. The number of methoxy groups -OCH3 is 1. The first-order valence-corrected chi connectivity index (χ1v) is 9.36. The number of hydrogen-bond acceptors (Lipinski definition) is 5. The second kappa shape index (κ2) is 8.62. The second-order valence-electron chi connectivity index (χ2n) is 6.24. The van der Waals surface area contributed by atoms with Crippen molar-refractivity contribution < 1.29 is 17.9 Å². The monoisotopic (exact) mass is 369 g/mol. The molecule has 0 radical (unpaired) electrons. The molecule has 9 heteroatoms. The van der Waals surface area contributed by atoms with Gasteiger partial charge in [-0.25, -0.2) is 0 Å². The first-order valence-electron chi connectivity index (χ1n) is 7.96. The lowest BCUT2D eigenvalue weighted by Crippen LogP contribution is -2.56. The molecule has 2 aliphatic rings. The minimum absolute atomic E-state index is 0. The van der Waals surface area contributed by atoms with Gasteiger partial charge in [-0.15, -0.1) is 12.4 Å². The lowest BCUT2D eigenvalue weighted by molar-refractivity contribution is -0.146. The highest BCUT2D eigenvalue weighted by Gasteiger charge is 2.40. The van der Waals surface area contributed by atoms with Crippen LogP contribution in [0.25, 0.3) is 0 Å². The molecule has 7 nitrogen and oxygen atoms in total. The number of hydrogen-bond donors (Lipinski definition) is 1. The quantitative estimate of drug-likeness (QED) is 0.732. The van der Waals surface area contributed by atoms with Crippen LogP contribution in [0.3, 0.4) is 0 Å². The topological polar surface area (TPSA) is 92.9 Å². The fourth-order valence-electron chi connectivity index (χ4n) is 3.48. The number of piperidine rings is 2. The molecule has 2 heterocycles. The molecule has 2 aliphatic heterocycles. The van der Waals surface area contributed by atoms with Crippen LogP contribution in [0.4, 0.5) is 0 Å². The van der Waals surface area contributed by atoms with Gasteiger partial charge < -0.3 is 10.5 Å². The zero-order valence-corrected chi connectivity index (χ0v) is 15.4. The Kier molecular flexibility index (Phi) is 7.73. The van der Waals surface area contributed by atoms with E-state index in [-0.39, 0.29) is 36.3 Å². The maximum absolute atomic E-state index is 12.9. The average Bonchev–Trinajstić information content (AvgIpc) is 2.54. The average molecular weight is 370 g/mol. The Labute approximate surface area is 145 Å². The zero-order chi connectivity index (χ0) is 16.3. The lowest BCUT2D eigenvalue weighted by atomic mass is 9.93. The smallest absolute Gasteiger partial charge is 0.308 e. The van der Waals surface area contributed by atoms with Crippen LogP contribution in [0.1, 0.15) is 32.6 Å². The van der Waals surface area contributed by atoms with Gasteiger partial charge in [-0.2, -0.15) is 17.0 Å². The Morgan fingerprint density at radius 2 is 1.83 bits per heavy atom. The van der Waals surface area contributed by atoms with Crippen LogP contribution in [-0.2, 0) is 19.7 Å². The lowest BCUT2D eigenvalue weighted by Gasteiger charge is -2.42. The van der Waals surface area contributed by atoms with Crippen molar-refractivity contribution in [3.8, 4) is 0 Å². The van der Waals surface area contributed by atoms with Crippen molar-refractivity contribution in [1.82, 2.24) is 8.61 Å². The molecule has 0 aromatic heterocycles. The van der Waals surface area contributed by atoms with Crippen LogP contribution in [0.2, 0.25) is 0 Å². The van der Waals surface area contributed by atoms with Crippen molar-refractivity contribution in [2.75, 3.05) is 33.3 Å². The van der Waals surface area contributed by atoms with Gasteiger partial charge in [-0.3, -0.25) is 4.79 Å². The standard InChI is InChI=1S/C14H27N3O4S.ClH/c1-11-4-3-7-17(13(11)10-15)22(19,20)16-8-5-12(6-9-16)14(18)21-2;/h11-13H,3-10,15H2,1-2H3;1H. The molecule has 0 aliphatic carbocycles. The van der Waals surface area contributed by atoms with E-state index in [0.717, 1.165) is 12.8 Å². The van der Waals surface area contributed by atoms with Crippen LogP contribution in [-0.4, -0.2) is 62.3 Å². The van der Waals surface area contributed by atoms with E-state index in [2.05, 4.69) is 6.92 Å². The summed E-state index contributed by atoms with van der Waals surface area (Å²) in [5, 5.41) is 0. The molecule has 0 aromatic carbocycles. The Morgan fingerprint density at radius 1 is 1.22 bits per heavy atom. The summed E-state index contributed by atoms with van der Waals surface area (Å²) in [5.74, 6) is -0.161. The van der Waals surface area contributed by atoms with Crippen LogP contribution in [0, 0.1) is 11.8 Å². The fourth-order valence-corrected chi connectivity index (χ4v) is 5.45. The summed E-state index contributed by atoms with van der Waals surface area (Å²) in [6.07, 6.45) is 2.92. The van der Waals surface area contributed by atoms with Gasteiger partial charge in [0.25, 0.3) is 10.2 Å². The van der Waals surface area contributed by atoms with Crippen molar-refractivity contribution in [3.63, 3.8) is 0 Å². The highest BCUT2D eigenvalue weighted by atomic mass is 35.5. The third-order valence-electron chi connectivity index (χ3n) is 4.92. The van der Waals surface area contributed by atoms with E-state index in [1.54, 1.807) is 4.31 Å². The number of esters is 1. The predicted molar refractivity (Wildman–Crippen MR) is 90.4 cm³/mol. The Hall–Kier alpha value is -0.410. The van der Waals surface area contributed by atoms with E-state index in [1.165, 1.54) is 11.4 Å². The number of rotatable bonds is 4. The predicted octanol–water partition coefficient (Wildman–Crippen LogP) is 0.597. The van der Waals surface area contributed by atoms with Gasteiger partial charge in [0.15, 0.2) is 0 Å². The van der Waals surface area contributed by atoms with E-state index >= 15 is 0 Å². The summed E-state index contributed by atoms with van der Waals surface area (Å²) in [5.41, 5.74) is 5.80. The normalized spacial score (nSPS) is 28.1. The molecule has 2 saturated heterocycles. The molecule has 0 saturated carbocycles. The molecule has 2 N–H and O–H groups in total. The van der Waals surface area contributed by atoms with Gasteiger partial charge in [0.05, 0.1) is 13.0 Å². The van der Waals surface area contributed by atoms with Crippen molar-refractivity contribution in [1.29, 1.82) is 0 Å². The molecule has 2 unspecified atom stereocenters. The minimum atomic E-state index is -3.50. The van der Waals surface area contributed by atoms with Gasteiger partial charge in [0.1, 0.15) is 0 Å². The van der Waals surface area contributed by atoms with Gasteiger partial charge >= 0.3 is 5.97 Å². The van der Waals surface area contributed by atoms with Gasteiger partial charge in [-0.05, 0) is 31.6 Å². The number of ether oxygens (including phenoxy) is 1. The highest BCUT2D eigenvalue weighted by molar-refractivity contribution is 7.86. The first kappa shape index (κ1) is 20.6. The number of carbonyl (C=O) groups excluding carboxylic acids is 1. The molecule has 2 atom stereocenters. The SMILES string of the molecule is COC(=O)C1CCN(S(=O)(=O)N2CCCC(C)C2CN)CC1.Cl. The summed E-state index contributed by atoms with van der Waals surface area (Å²) in [7, 11) is -2.13. The molecule has 23 heavy (non-hydrogen) atoms. The Bertz CT molecular complexity index is 494. The maximum Gasteiger partial charge on any atom is 0.308 e. The van der Waals surface area contributed by atoms with E-state index in [0.29, 0.717) is 39.0 Å². The van der Waals surface area contributed by atoms with Crippen molar-refractivity contribution in [3.05, 3.63) is 0 Å². The molecular weight excluding hydrogens is 342 g/mol. The molecule has 0 bridgehead atoms.